The van der Waals surface area contributed by atoms with E-state index in [-0.39, 0.29) is 25.7 Å². The predicted octanol–water partition coefficient (Wildman–Crippen LogP) is 29.9. The van der Waals surface area contributed by atoms with E-state index in [1.807, 2.05) is 0 Å². The van der Waals surface area contributed by atoms with Crippen LogP contribution >= 0.6 is 15.6 Å². The van der Waals surface area contributed by atoms with Gasteiger partial charge in [-0.1, -0.05) is 471 Å². The molecule has 3 N–H and O–H groups in total. The van der Waals surface area contributed by atoms with Crippen molar-refractivity contribution in [2.24, 2.45) is 5.92 Å². The zero-order valence-electron chi connectivity index (χ0n) is 75.2. The third kappa shape index (κ3) is 87.9. The molecule has 0 heterocycles. The third-order valence-electron chi connectivity index (χ3n) is 22.5. The van der Waals surface area contributed by atoms with E-state index in [2.05, 4.69) is 34.6 Å². The molecule has 678 valence electrons. The minimum atomic E-state index is -4.97. The molecule has 0 aliphatic carbocycles. The zero-order valence-corrected chi connectivity index (χ0v) is 77.0. The lowest BCUT2D eigenvalue weighted by atomic mass is 10.0. The predicted molar refractivity (Wildman–Crippen MR) is 474 cm³/mol. The van der Waals surface area contributed by atoms with E-state index in [1.165, 1.54) is 347 Å². The highest BCUT2D eigenvalue weighted by Gasteiger charge is 2.31. The Morgan fingerprint density at radius 3 is 0.596 bits per heavy atom. The Morgan fingerprint density at radius 2 is 0.404 bits per heavy atom. The maximum atomic E-state index is 13.2. The fraction of sp³-hybridized carbons (Fsp3) is 0.958. The number of hydrogen-bond donors (Lipinski definition) is 3. The van der Waals surface area contributed by atoms with Crippen molar-refractivity contribution in [3.8, 4) is 0 Å². The van der Waals surface area contributed by atoms with Crippen LogP contribution in [0.2, 0.25) is 0 Å². The van der Waals surface area contributed by atoms with E-state index >= 15 is 0 Å². The maximum Gasteiger partial charge on any atom is 0.472 e. The molecule has 0 aromatic heterocycles. The molecule has 0 radical (unpaired) electrons. The van der Waals surface area contributed by atoms with Crippen molar-refractivity contribution in [1.29, 1.82) is 0 Å². The van der Waals surface area contributed by atoms with Crippen molar-refractivity contribution in [3.63, 3.8) is 0 Å². The number of carbonyl (C=O) groups is 4. The molecule has 0 saturated heterocycles. The highest BCUT2D eigenvalue weighted by Crippen LogP contribution is 2.45. The topological polar surface area (TPSA) is 237 Å². The minimum Gasteiger partial charge on any atom is -0.462 e. The van der Waals surface area contributed by atoms with Crippen LogP contribution in [0.4, 0.5) is 0 Å². The summed E-state index contributed by atoms with van der Waals surface area (Å²) >= 11 is 0. The summed E-state index contributed by atoms with van der Waals surface area (Å²) in [5.74, 6) is -1.37. The Labute approximate surface area is 702 Å². The van der Waals surface area contributed by atoms with Gasteiger partial charge in [0.25, 0.3) is 0 Å². The van der Waals surface area contributed by atoms with Crippen LogP contribution in [0.5, 0.6) is 0 Å². The lowest BCUT2D eigenvalue weighted by Crippen LogP contribution is -2.30. The smallest absolute Gasteiger partial charge is 0.462 e. The summed E-state index contributed by atoms with van der Waals surface area (Å²) in [5, 5.41) is 10.7. The largest absolute Gasteiger partial charge is 0.472 e. The van der Waals surface area contributed by atoms with Crippen LogP contribution in [-0.2, 0) is 65.4 Å². The lowest BCUT2D eigenvalue weighted by molar-refractivity contribution is -0.161. The SMILES string of the molecule is CCCCCCCCCCCCCCCCCCCCCCCCC(=O)OC[C@H](COP(=O)(O)OC[C@@H](O)COP(=O)(O)OC[C@@H](COC(=O)CCCCCCCCCCC(C)C)OC(=O)CCCCCCCCCCCCCCCCCCCCC)OC(=O)CCCCCCCCCCCCCCCCCCCCCCCC. The van der Waals surface area contributed by atoms with Crippen LogP contribution in [0.3, 0.4) is 0 Å². The third-order valence-corrected chi connectivity index (χ3v) is 24.4. The number of aliphatic hydroxyl groups is 1. The van der Waals surface area contributed by atoms with Crippen molar-refractivity contribution in [3.05, 3.63) is 0 Å². The van der Waals surface area contributed by atoms with Gasteiger partial charge in [-0.3, -0.25) is 37.3 Å². The molecule has 5 atom stereocenters. The van der Waals surface area contributed by atoms with E-state index in [1.54, 1.807) is 0 Å². The molecule has 0 amide bonds. The van der Waals surface area contributed by atoms with E-state index in [0.29, 0.717) is 25.7 Å². The lowest BCUT2D eigenvalue weighted by Gasteiger charge is -2.21. The average Bonchev–Trinajstić information content (AvgIpc) is 0.899. The summed E-state index contributed by atoms with van der Waals surface area (Å²) in [6.45, 7) is 7.38. The van der Waals surface area contributed by atoms with Crippen LogP contribution in [-0.4, -0.2) is 96.7 Å². The van der Waals surface area contributed by atoms with Crippen LogP contribution in [0.15, 0.2) is 0 Å². The van der Waals surface area contributed by atoms with E-state index in [9.17, 15) is 43.2 Å². The normalized spacial score (nSPS) is 13.6. The van der Waals surface area contributed by atoms with Crippen molar-refractivity contribution in [2.45, 2.75) is 541 Å². The first-order chi connectivity index (χ1) is 55.5. The molecule has 0 aromatic rings. The number of phosphoric acid groups is 2. The van der Waals surface area contributed by atoms with Crippen LogP contribution < -0.4 is 0 Å². The Morgan fingerprint density at radius 1 is 0.237 bits per heavy atom. The average molecular weight is 1660 g/mol. The van der Waals surface area contributed by atoms with Gasteiger partial charge in [0.2, 0.25) is 0 Å². The second-order valence-corrected chi connectivity index (χ2v) is 37.5. The molecule has 114 heavy (non-hydrogen) atoms. The Hall–Kier alpha value is -1.94. The Bertz CT molecular complexity index is 2150. The molecule has 0 rings (SSSR count). The van der Waals surface area contributed by atoms with Gasteiger partial charge in [-0.2, -0.15) is 0 Å². The van der Waals surface area contributed by atoms with Gasteiger partial charge in [0.15, 0.2) is 12.2 Å². The van der Waals surface area contributed by atoms with Gasteiger partial charge in [0.1, 0.15) is 19.3 Å². The first-order valence-electron chi connectivity index (χ1n) is 49.1. The molecule has 0 aliphatic rings. The number of ether oxygens (including phenoxy) is 4. The number of unbranched alkanes of at least 4 members (excludes halogenated alkanes) is 67. The highest BCUT2D eigenvalue weighted by molar-refractivity contribution is 7.47. The van der Waals surface area contributed by atoms with Crippen molar-refractivity contribution < 1.29 is 80.2 Å². The van der Waals surface area contributed by atoms with Gasteiger partial charge >= 0.3 is 39.5 Å². The summed E-state index contributed by atoms with van der Waals surface area (Å²) < 4.78 is 69.2. The summed E-state index contributed by atoms with van der Waals surface area (Å²) in [5.41, 5.74) is 0. The quantitative estimate of drug-likeness (QED) is 0.0222. The first kappa shape index (κ1) is 112. The summed E-state index contributed by atoms with van der Waals surface area (Å²) in [4.78, 5) is 73.5. The molecule has 0 bridgehead atoms. The second kappa shape index (κ2) is 87.4. The van der Waals surface area contributed by atoms with Crippen molar-refractivity contribution >= 4 is 39.5 Å². The Balaban J connectivity index is 5.22. The van der Waals surface area contributed by atoms with Crippen molar-refractivity contribution in [1.82, 2.24) is 0 Å². The molecule has 0 fully saturated rings. The molecule has 17 nitrogen and oxygen atoms in total. The number of aliphatic hydroxyl groups excluding tert-OH is 1. The fourth-order valence-electron chi connectivity index (χ4n) is 15.1. The number of carbonyl (C=O) groups excluding carboxylic acids is 4. The Kier molecular flexibility index (Phi) is 85.9. The molecule has 2 unspecified atom stereocenters. The van der Waals surface area contributed by atoms with Crippen LogP contribution in [0, 0.1) is 5.92 Å². The molecule has 0 spiro atoms. The monoisotopic (exact) mass is 1660 g/mol. The van der Waals surface area contributed by atoms with Gasteiger partial charge in [-0.25, -0.2) is 9.13 Å². The van der Waals surface area contributed by atoms with E-state index in [4.69, 9.17) is 37.0 Å². The van der Waals surface area contributed by atoms with Gasteiger partial charge in [0, 0.05) is 25.7 Å². The summed E-state index contributed by atoms with van der Waals surface area (Å²) in [6, 6.07) is 0. The van der Waals surface area contributed by atoms with Crippen LogP contribution in [0.25, 0.3) is 0 Å². The molecule has 0 saturated carbocycles. The minimum absolute atomic E-state index is 0.109. The van der Waals surface area contributed by atoms with Crippen molar-refractivity contribution in [2.75, 3.05) is 39.6 Å². The molecule has 19 heteroatoms. The molecular weight excluding hydrogens is 1470 g/mol. The number of esters is 4. The first-order valence-corrected chi connectivity index (χ1v) is 52.1. The maximum absolute atomic E-state index is 13.2. The van der Waals surface area contributed by atoms with Gasteiger partial charge in [0.05, 0.1) is 26.4 Å². The second-order valence-electron chi connectivity index (χ2n) is 34.6. The summed E-state index contributed by atoms with van der Waals surface area (Å²) in [7, 11) is -9.94. The molecular formula is C95H186O17P2. The van der Waals surface area contributed by atoms with Gasteiger partial charge in [-0.15, -0.1) is 0 Å². The highest BCUT2D eigenvalue weighted by atomic mass is 31.2. The number of phosphoric ester groups is 2. The molecule has 0 aromatic carbocycles. The van der Waals surface area contributed by atoms with Gasteiger partial charge < -0.3 is 33.8 Å². The van der Waals surface area contributed by atoms with Gasteiger partial charge in [-0.05, 0) is 31.6 Å². The summed E-state index contributed by atoms with van der Waals surface area (Å²) in [6.07, 6.45) is 85.1. The standard InChI is InChI=1S/C95H186O17P2/c1-6-9-12-15-18-21-24-27-30-33-36-38-40-43-45-48-51-54-57-63-68-73-78-92(97)105-84-90(111-94(99)80-75-71-66-59-56-53-50-47-44-41-39-37-34-31-28-25-22-19-16-13-10-7-2)86-109-113(101,102)107-82-89(96)83-108-114(103,104)110-87-91(85-106-93(98)79-74-69-64-61-60-62-67-72-77-88(4)5)112-95(100)81-76-70-65-58-55-52-49-46-42-35-32-29-26-23-20-17-14-11-8-3/h88-91,96H,6-87H2,1-5H3,(H,101,102)(H,103,104)/t89-,90-,91-/m1/s1. The number of hydrogen-bond acceptors (Lipinski definition) is 15. The van der Waals surface area contributed by atoms with E-state index < -0.39 is 97.5 Å². The van der Waals surface area contributed by atoms with E-state index in [0.717, 1.165) is 95.8 Å². The fourth-order valence-corrected chi connectivity index (χ4v) is 16.6. The van der Waals surface area contributed by atoms with Crippen LogP contribution in [0.1, 0.15) is 523 Å². The molecule has 0 aliphatic heterocycles. The zero-order chi connectivity index (χ0) is 83.3. The number of rotatable bonds is 95.